The standard InChI is InChI=1S/C11H24N2/c1-3-5-10(2)12-9-7-11-6-4-8-13-11/h10-13H,3-9H2,1-2H3. The highest BCUT2D eigenvalue weighted by Gasteiger charge is 2.13. The van der Waals surface area contributed by atoms with Crippen molar-refractivity contribution in [3.8, 4) is 0 Å². The third-order valence-corrected chi connectivity index (χ3v) is 2.87. The van der Waals surface area contributed by atoms with Crippen molar-refractivity contribution in [1.82, 2.24) is 10.6 Å². The fourth-order valence-corrected chi connectivity index (χ4v) is 2.04. The first-order chi connectivity index (χ1) is 6.33. The van der Waals surface area contributed by atoms with Crippen molar-refractivity contribution in [2.75, 3.05) is 13.1 Å². The molecule has 2 nitrogen and oxygen atoms in total. The topological polar surface area (TPSA) is 24.1 Å². The molecule has 1 aliphatic rings. The van der Waals surface area contributed by atoms with E-state index >= 15 is 0 Å². The molecule has 0 spiro atoms. The second-order valence-corrected chi connectivity index (χ2v) is 4.23. The van der Waals surface area contributed by atoms with Gasteiger partial charge in [0.2, 0.25) is 0 Å². The van der Waals surface area contributed by atoms with Gasteiger partial charge >= 0.3 is 0 Å². The predicted molar refractivity (Wildman–Crippen MR) is 58.0 cm³/mol. The molecule has 1 rings (SSSR count). The van der Waals surface area contributed by atoms with Crippen LogP contribution in [0.1, 0.15) is 46.0 Å². The van der Waals surface area contributed by atoms with Crippen LogP contribution in [0.3, 0.4) is 0 Å². The van der Waals surface area contributed by atoms with Crippen LogP contribution in [0.5, 0.6) is 0 Å². The molecule has 13 heavy (non-hydrogen) atoms. The minimum atomic E-state index is 0.700. The molecular formula is C11H24N2. The van der Waals surface area contributed by atoms with Crippen LogP contribution in [-0.2, 0) is 0 Å². The molecule has 0 radical (unpaired) electrons. The Morgan fingerprint density at radius 1 is 1.54 bits per heavy atom. The molecule has 0 aromatic rings. The maximum Gasteiger partial charge on any atom is 0.00796 e. The zero-order valence-corrected chi connectivity index (χ0v) is 9.10. The second-order valence-electron chi connectivity index (χ2n) is 4.23. The normalized spacial score (nSPS) is 24.9. The van der Waals surface area contributed by atoms with E-state index in [9.17, 15) is 0 Å². The summed E-state index contributed by atoms with van der Waals surface area (Å²) in [6, 6.07) is 1.49. The van der Waals surface area contributed by atoms with E-state index in [1.165, 1.54) is 45.2 Å². The molecule has 0 aromatic carbocycles. The lowest BCUT2D eigenvalue weighted by Gasteiger charge is -2.15. The Bertz CT molecular complexity index is 119. The first-order valence-corrected chi connectivity index (χ1v) is 5.79. The van der Waals surface area contributed by atoms with Gasteiger partial charge in [0.1, 0.15) is 0 Å². The highest BCUT2D eigenvalue weighted by Crippen LogP contribution is 2.07. The number of hydrogen-bond acceptors (Lipinski definition) is 2. The largest absolute Gasteiger partial charge is 0.314 e. The number of nitrogens with one attached hydrogen (secondary N) is 2. The quantitative estimate of drug-likeness (QED) is 0.659. The molecule has 2 heteroatoms. The predicted octanol–water partition coefficient (Wildman–Crippen LogP) is 1.91. The van der Waals surface area contributed by atoms with Crippen molar-refractivity contribution in [2.24, 2.45) is 0 Å². The molecule has 0 aliphatic carbocycles. The number of rotatable bonds is 6. The summed E-state index contributed by atoms with van der Waals surface area (Å²) in [4.78, 5) is 0. The average molecular weight is 184 g/mol. The van der Waals surface area contributed by atoms with Gasteiger partial charge in [-0.05, 0) is 45.7 Å². The zero-order valence-electron chi connectivity index (χ0n) is 9.10. The van der Waals surface area contributed by atoms with Gasteiger partial charge in [-0.2, -0.15) is 0 Å². The summed E-state index contributed by atoms with van der Waals surface area (Å²) >= 11 is 0. The second kappa shape index (κ2) is 6.39. The van der Waals surface area contributed by atoms with Crippen LogP contribution in [0.15, 0.2) is 0 Å². The Kier molecular flexibility index (Phi) is 5.40. The van der Waals surface area contributed by atoms with Crippen LogP contribution in [0.25, 0.3) is 0 Å². The van der Waals surface area contributed by atoms with Crippen LogP contribution in [-0.4, -0.2) is 25.2 Å². The summed E-state index contributed by atoms with van der Waals surface area (Å²) in [5.74, 6) is 0. The molecule has 0 amide bonds. The molecule has 2 atom stereocenters. The van der Waals surface area contributed by atoms with E-state index < -0.39 is 0 Å². The molecular weight excluding hydrogens is 160 g/mol. The zero-order chi connectivity index (χ0) is 9.52. The van der Waals surface area contributed by atoms with Crippen LogP contribution in [0.4, 0.5) is 0 Å². The average Bonchev–Trinajstić information content (AvgIpc) is 2.57. The monoisotopic (exact) mass is 184 g/mol. The molecule has 1 heterocycles. The minimum absolute atomic E-state index is 0.700. The van der Waals surface area contributed by atoms with Crippen molar-refractivity contribution in [1.29, 1.82) is 0 Å². The third-order valence-electron chi connectivity index (χ3n) is 2.87. The molecule has 2 N–H and O–H groups in total. The minimum Gasteiger partial charge on any atom is -0.314 e. The molecule has 78 valence electrons. The highest BCUT2D eigenvalue weighted by molar-refractivity contribution is 4.75. The van der Waals surface area contributed by atoms with Gasteiger partial charge < -0.3 is 10.6 Å². The van der Waals surface area contributed by atoms with Gasteiger partial charge in [0.05, 0.1) is 0 Å². The van der Waals surface area contributed by atoms with Gasteiger partial charge in [-0.25, -0.2) is 0 Å². The molecule has 1 aliphatic heterocycles. The molecule has 1 fully saturated rings. The van der Waals surface area contributed by atoms with Crippen LogP contribution >= 0.6 is 0 Å². The van der Waals surface area contributed by atoms with E-state index in [0.29, 0.717) is 6.04 Å². The maximum atomic E-state index is 3.57. The van der Waals surface area contributed by atoms with Crippen molar-refractivity contribution in [3.05, 3.63) is 0 Å². The first-order valence-electron chi connectivity index (χ1n) is 5.79. The lowest BCUT2D eigenvalue weighted by molar-refractivity contribution is 0.464. The van der Waals surface area contributed by atoms with Crippen molar-refractivity contribution >= 4 is 0 Å². The lowest BCUT2D eigenvalue weighted by Crippen LogP contribution is -2.31. The summed E-state index contributed by atoms with van der Waals surface area (Å²) in [5, 5.41) is 7.09. The summed E-state index contributed by atoms with van der Waals surface area (Å²) in [7, 11) is 0. The maximum absolute atomic E-state index is 3.57. The first kappa shape index (κ1) is 11.0. The summed E-state index contributed by atoms with van der Waals surface area (Å²) in [6.07, 6.45) is 6.64. The smallest absolute Gasteiger partial charge is 0.00796 e. The van der Waals surface area contributed by atoms with E-state index in [0.717, 1.165) is 6.04 Å². The highest BCUT2D eigenvalue weighted by atomic mass is 15.0. The Balaban J connectivity index is 1.93. The van der Waals surface area contributed by atoms with Gasteiger partial charge in [0, 0.05) is 12.1 Å². The van der Waals surface area contributed by atoms with Gasteiger partial charge in [0.25, 0.3) is 0 Å². The van der Waals surface area contributed by atoms with E-state index in [1.807, 2.05) is 0 Å². The van der Waals surface area contributed by atoms with Crippen LogP contribution in [0, 0.1) is 0 Å². The van der Waals surface area contributed by atoms with Crippen molar-refractivity contribution in [2.45, 2.75) is 58.0 Å². The molecule has 0 bridgehead atoms. The van der Waals surface area contributed by atoms with Crippen molar-refractivity contribution in [3.63, 3.8) is 0 Å². The van der Waals surface area contributed by atoms with Gasteiger partial charge in [0.15, 0.2) is 0 Å². The Hall–Kier alpha value is -0.0800. The molecule has 0 saturated carbocycles. The lowest BCUT2D eigenvalue weighted by atomic mass is 10.1. The van der Waals surface area contributed by atoms with E-state index in [4.69, 9.17) is 0 Å². The fraction of sp³-hybridized carbons (Fsp3) is 1.00. The molecule has 2 unspecified atom stereocenters. The molecule has 1 saturated heterocycles. The Labute approximate surface area is 82.5 Å². The SMILES string of the molecule is CCCC(C)NCCC1CCCN1. The van der Waals surface area contributed by atoms with Crippen LogP contribution in [0.2, 0.25) is 0 Å². The van der Waals surface area contributed by atoms with E-state index in [2.05, 4.69) is 24.5 Å². The van der Waals surface area contributed by atoms with E-state index in [1.54, 1.807) is 0 Å². The van der Waals surface area contributed by atoms with Gasteiger partial charge in [-0.1, -0.05) is 13.3 Å². The third kappa shape index (κ3) is 4.63. The van der Waals surface area contributed by atoms with Crippen molar-refractivity contribution < 1.29 is 0 Å². The van der Waals surface area contributed by atoms with E-state index in [-0.39, 0.29) is 0 Å². The Morgan fingerprint density at radius 2 is 2.38 bits per heavy atom. The van der Waals surface area contributed by atoms with Gasteiger partial charge in [-0.3, -0.25) is 0 Å². The molecule has 0 aromatic heterocycles. The van der Waals surface area contributed by atoms with Crippen LogP contribution < -0.4 is 10.6 Å². The van der Waals surface area contributed by atoms with Gasteiger partial charge in [-0.15, -0.1) is 0 Å². The summed E-state index contributed by atoms with van der Waals surface area (Å²) in [5.41, 5.74) is 0. The summed E-state index contributed by atoms with van der Waals surface area (Å²) in [6.45, 7) is 6.94. The Morgan fingerprint density at radius 3 is 3.00 bits per heavy atom. The number of hydrogen-bond donors (Lipinski definition) is 2. The summed E-state index contributed by atoms with van der Waals surface area (Å²) < 4.78 is 0. The fourth-order valence-electron chi connectivity index (χ4n) is 2.04.